The van der Waals surface area contributed by atoms with Gasteiger partial charge < -0.3 is 14.2 Å². The highest BCUT2D eigenvalue weighted by Gasteiger charge is 2.18. The van der Waals surface area contributed by atoms with E-state index >= 15 is 0 Å². The molecule has 8 nitrogen and oxygen atoms in total. The number of esters is 1. The second kappa shape index (κ2) is 9.74. The second-order valence-electron chi connectivity index (χ2n) is 6.60. The molecular formula is C22H22BrN3O5. The van der Waals surface area contributed by atoms with Crippen LogP contribution < -0.4 is 15.0 Å². The number of carbonyl (C=O) groups is 1. The number of carbonyl (C=O) groups excluding carboxylic acids is 1. The van der Waals surface area contributed by atoms with E-state index in [-0.39, 0.29) is 12.2 Å². The van der Waals surface area contributed by atoms with E-state index in [0.717, 1.165) is 4.47 Å². The van der Waals surface area contributed by atoms with Crippen molar-refractivity contribution >= 4 is 39.0 Å². The molecule has 0 aliphatic carbocycles. The molecule has 1 atom stereocenters. The van der Waals surface area contributed by atoms with Gasteiger partial charge in [-0.15, -0.1) is 0 Å². The minimum Gasteiger partial charge on any atom is -0.493 e. The summed E-state index contributed by atoms with van der Waals surface area (Å²) < 4.78 is 18.0. The van der Waals surface area contributed by atoms with Crippen LogP contribution >= 0.6 is 15.9 Å². The molecule has 0 bridgehead atoms. The Labute approximate surface area is 187 Å². The van der Waals surface area contributed by atoms with Crippen molar-refractivity contribution in [3.8, 4) is 11.5 Å². The summed E-state index contributed by atoms with van der Waals surface area (Å²) in [4.78, 5) is 29.1. The van der Waals surface area contributed by atoms with Gasteiger partial charge in [0.2, 0.25) is 0 Å². The summed E-state index contributed by atoms with van der Waals surface area (Å²) in [6, 6.07) is 10.4. The van der Waals surface area contributed by atoms with Gasteiger partial charge in [-0.3, -0.25) is 4.79 Å². The molecule has 0 aliphatic rings. The van der Waals surface area contributed by atoms with Gasteiger partial charge >= 0.3 is 5.97 Å². The summed E-state index contributed by atoms with van der Waals surface area (Å²) in [6.07, 6.45) is 0.749. The average Bonchev–Trinajstić information content (AvgIpc) is 2.75. The summed E-state index contributed by atoms with van der Waals surface area (Å²) in [5.41, 5.74) is 1.01. The summed E-state index contributed by atoms with van der Waals surface area (Å²) >= 11 is 3.37. The highest BCUT2D eigenvalue weighted by molar-refractivity contribution is 9.10. The third kappa shape index (κ3) is 5.11. The minimum atomic E-state index is -0.780. The van der Waals surface area contributed by atoms with Crippen LogP contribution in [0.1, 0.15) is 25.2 Å². The van der Waals surface area contributed by atoms with Crippen LogP contribution in [-0.2, 0) is 9.53 Å². The van der Waals surface area contributed by atoms with E-state index in [2.05, 4.69) is 26.0 Å². The van der Waals surface area contributed by atoms with E-state index in [9.17, 15) is 9.59 Å². The maximum Gasteiger partial charge on any atom is 0.347 e. The minimum absolute atomic E-state index is 0.268. The van der Waals surface area contributed by atoms with Crippen molar-refractivity contribution in [2.45, 2.75) is 26.9 Å². The van der Waals surface area contributed by atoms with Crippen LogP contribution in [0.4, 0.5) is 0 Å². The van der Waals surface area contributed by atoms with Crippen LogP contribution in [-0.4, -0.2) is 41.7 Å². The normalized spacial score (nSPS) is 12.2. The third-order valence-corrected chi connectivity index (χ3v) is 4.90. The molecule has 31 heavy (non-hydrogen) atoms. The number of hydrogen-bond acceptors (Lipinski definition) is 7. The topological polar surface area (TPSA) is 92.0 Å². The molecule has 9 heteroatoms. The fraction of sp³-hybridized carbons (Fsp3) is 0.273. The molecule has 0 fully saturated rings. The van der Waals surface area contributed by atoms with E-state index in [1.54, 1.807) is 51.1 Å². The molecule has 0 unspecified atom stereocenters. The zero-order chi connectivity index (χ0) is 22.5. The first-order valence-electron chi connectivity index (χ1n) is 9.58. The highest BCUT2D eigenvalue weighted by Crippen LogP contribution is 2.28. The molecule has 0 N–H and O–H groups in total. The van der Waals surface area contributed by atoms with E-state index in [1.165, 1.54) is 18.0 Å². The molecule has 0 aliphatic heterocycles. The lowest BCUT2D eigenvalue weighted by atomic mass is 10.2. The molecule has 0 spiro atoms. The molecule has 3 aromatic rings. The Hall–Kier alpha value is -3.20. The van der Waals surface area contributed by atoms with E-state index in [1.807, 2.05) is 6.07 Å². The average molecular weight is 488 g/mol. The fourth-order valence-electron chi connectivity index (χ4n) is 2.88. The Morgan fingerprint density at radius 2 is 2.03 bits per heavy atom. The highest BCUT2D eigenvalue weighted by atomic mass is 79.9. The standard InChI is InChI=1S/C22H22BrN3O5/c1-5-30-22(28)13(2)31-19-9-6-15(10-20(19)29-4)12-24-26-14(3)25-18-8-7-16(23)11-17(18)21(26)27/h6-13H,5H2,1-4H3/t13-/m0/s1. The zero-order valence-electron chi connectivity index (χ0n) is 17.6. The Kier molecular flexibility index (Phi) is 7.06. The van der Waals surface area contributed by atoms with Crippen molar-refractivity contribution in [2.24, 2.45) is 5.10 Å². The van der Waals surface area contributed by atoms with Gasteiger partial charge in [0.25, 0.3) is 5.56 Å². The van der Waals surface area contributed by atoms with Crippen molar-refractivity contribution < 1.29 is 19.0 Å². The van der Waals surface area contributed by atoms with E-state index < -0.39 is 12.1 Å². The molecule has 0 saturated carbocycles. The fourth-order valence-corrected chi connectivity index (χ4v) is 3.24. The van der Waals surface area contributed by atoms with Crippen LogP contribution in [0.2, 0.25) is 0 Å². The number of aryl methyl sites for hydroxylation is 1. The predicted molar refractivity (Wildman–Crippen MR) is 121 cm³/mol. The quantitative estimate of drug-likeness (QED) is 0.372. The van der Waals surface area contributed by atoms with E-state index in [4.69, 9.17) is 14.2 Å². The number of hydrogen-bond donors (Lipinski definition) is 0. The van der Waals surface area contributed by atoms with Gasteiger partial charge in [0, 0.05) is 4.47 Å². The number of benzene rings is 2. The first-order valence-corrected chi connectivity index (χ1v) is 10.4. The number of aromatic nitrogens is 2. The largest absolute Gasteiger partial charge is 0.493 e. The summed E-state index contributed by atoms with van der Waals surface area (Å²) in [5.74, 6) is 0.822. The van der Waals surface area contributed by atoms with Crippen LogP contribution in [0.5, 0.6) is 11.5 Å². The Bertz CT molecular complexity index is 1210. The van der Waals surface area contributed by atoms with Crippen molar-refractivity contribution in [3.63, 3.8) is 0 Å². The van der Waals surface area contributed by atoms with Crippen molar-refractivity contribution in [2.75, 3.05) is 13.7 Å². The SMILES string of the molecule is CCOC(=O)[C@H](C)Oc1ccc(C=Nn2c(C)nc3ccc(Br)cc3c2=O)cc1OC. The molecular weight excluding hydrogens is 466 g/mol. The van der Waals surface area contributed by atoms with Crippen LogP contribution in [0.15, 0.2) is 50.8 Å². The van der Waals surface area contributed by atoms with Gasteiger partial charge in [-0.1, -0.05) is 15.9 Å². The monoisotopic (exact) mass is 487 g/mol. The lowest BCUT2D eigenvalue weighted by molar-refractivity contribution is -0.150. The Morgan fingerprint density at radius 1 is 1.26 bits per heavy atom. The number of halogens is 1. The molecule has 162 valence electrons. The summed E-state index contributed by atoms with van der Waals surface area (Å²) in [6.45, 7) is 5.33. The van der Waals surface area contributed by atoms with Gasteiger partial charge in [0.05, 0.1) is 30.8 Å². The summed E-state index contributed by atoms with van der Waals surface area (Å²) in [5, 5.41) is 4.77. The zero-order valence-corrected chi connectivity index (χ0v) is 19.2. The molecule has 0 radical (unpaired) electrons. The third-order valence-electron chi connectivity index (χ3n) is 4.40. The number of ether oxygens (including phenoxy) is 3. The van der Waals surface area contributed by atoms with Crippen LogP contribution in [0.25, 0.3) is 10.9 Å². The second-order valence-corrected chi connectivity index (χ2v) is 7.52. The van der Waals surface area contributed by atoms with Gasteiger partial charge in [-0.2, -0.15) is 9.78 Å². The van der Waals surface area contributed by atoms with Gasteiger partial charge in [-0.05, 0) is 62.7 Å². The van der Waals surface area contributed by atoms with Gasteiger partial charge in [0.1, 0.15) is 5.82 Å². The van der Waals surface area contributed by atoms with E-state index in [0.29, 0.717) is 33.8 Å². The lowest BCUT2D eigenvalue weighted by Gasteiger charge is -2.16. The van der Waals surface area contributed by atoms with Gasteiger partial charge in [-0.25, -0.2) is 9.78 Å². The summed E-state index contributed by atoms with van der Waals surface area (Å²) in [7, 11) is 1.50. The first kappa shape index (κ1) is 22.5. The number of nitrogens with zero attached hydrogens (tertiary/aromatic N) is 3. The number of fused-ring (bicyclic) bond motifs is 1. The maximum atomic E-state index is 12.8. The molecule has 1 aromatic heterocycles. The maximum absolute atomic E-state index is 12.8. The van der Waals surface area contributed by atoms with Crippen molar-refractivity contribution in [1.82, 2.24) is 9.66 Å². The first-order chi connectivity index (χ1) is 14.8. The Morgan fingerprint density at radius 3 is 2.74 bits per heavy atom. The number of rotatable bonds is 7. The molecule has 1 heterocycles. The lowest BCUT2D eigenvalue weighted by Crippen LogP contribution is -2.26. The molecule has 0 amide bonds. The molecule has 2 aromatic carbocycles. The smallest absolute Gasteiger partial charge is 0.347 e. The van der Waals surface area contributed by atoms with Crippen LogP contribution in [0.3, 0.4) is 0 Å². The van der Waals surface area contributed by atoms with Crippen molar-refractivity contribution in [1.29, 1.82) is 0 Å². The predicted octanol–water partition coefficient (Wildman–Crippen LogP) is 3.69. The molecule has 3 rings (SSSR count). The number of methoxy groups -OCH3 is 1. The molecule has 0 saturated heterocycles. The Balaban J connectivity index is 1.89. The van der Waals surface area contributed by atoms with Crippen LogP contribution in [0, 0.1) is 6.92 Å². The van der Waals surface area contributed by atoms with Crippen molar-refractivity contribution in [3.05, 3.63) is 62.6 Å². The van der Waals surface area contributed by atoms with Gasteiger partial charge in [0.15, 0.2) is 17.6 Å².